The first kappa shape index (κ1) is 14.8. The summed E-state index contributed by atoms with van der Waals surface area (Å²) < 4.78 is 0. The minimum atomic E-state index is 0. The number of halogens is 2. The molecule has 0 saturated heterocycles. The van der Waals surface area contributed by atoms with Crippen molar-refractivity contribution < 1.29 is 0 Å². The van der Waals surface area contributed by atoms with E-state index in [0.717, 1.165) is 22.6 Å². The van der Waals surface area contributed by atoms with Crippen LogP contribution in [0.2, 0.25) is 5.02 Å². The molecule has 0 aromatic heterocycles. The summed E-state index contributed by atoms with van der Waals surface area (Å²) >= 11 is 6.04. The highest BCUT2D eigenvalue weighted by molar-refractivity contribution is 6.31. The Labute approximate surface area is 103 Å². The lowest BCUT2D eigenvalue weighted by molar-refractivity contribution is 0.510. The van der Waals surface area contributed by atoms with E-state index in [1.54, 1.807) is 0 Å². The second-order valence-electron chi connectivity index (χ2n) is 4.24. The highest BCUT2D eigenvalue weighted by Gasteiger charge is 2.09. The second kappa shape index (κ2) is 6.37. The van der Waals surface area contributed by atoms with Gasteiger partial charge in [0.1, 0.15) is 0 Å². The predicted octanol–water partition coefficient (Wildman–Crippen LogP) is 4.12. The fraction of sp³-hybridized carbons (Fsp3) is 0.500. The van der Waals surface area contributed by atoms with E-state index in [1.807, 2.05) is 19.1 Å². The van der Waals surface area contributed by atoms with Crippen LogP contribution in [0, 0.1) is 12.8 Å². The van der Waals surface area contributed by atoms with Crippen LogP contribution in [-0.2, 0) is 0 Å². The maximum absolute atomic E-state index is 6.06. The zero-order chi connectivity index (χ0) is 10.7. The lowest BCUT2D eigenvalue weighted by Crippen LogP contribution is -2.12. The van der Waals surface area contributed by atoms with Gasteiger partial charge >= 0.3 is 0 Å². The van der Waals surface area contributed by atoms with Crippen molar-refractivity contribution in [1.82, 2.24) is 0 Å². The van der Waals surface area contributed by atoms with Crippen LogP contribution in [0.1, 0.15) is 37.4 Å². The van der Waals surface area contributed by atoms with Crippen LogP contribution < -0.4 is 5.73 Å². The molecule has 2 N–H and O–H groups in total. The highest BCUT2D eigenvalue weighted by Crippen LogP contribution is 2.23. The van der Waals surface area contributed by atoms with Crippen molar-refractivity contribution in [2.75, 3.05) is 0 Å². The molecule has 0 spiro atoms. The molecular weight excluding hydrogens is 229 g/mol. The Bertz CT molecular complexity index is 310. The number of hydrogen-bond acceptors (Lipinski definition) is 1. The quantitative estimate of drug-likeness (QED) is 0.855. The molecule has 3 heteroatoms. The Hall–Kier alpha value is -0.240. The van der Waals surface area contributed by atoms with Gasteiger partial charge in [0, 0.05) is 11.1 Å². The number of benzene rings is 1. The van der Waals surface area contributed by atoms with Crippen molar-refractivity contribution in [2.45, 2.75) is 33.2 Å². The van der Waals surface area contributed by atoms with Gasteiger partial charge < -0.3 is 5.73 Å². The van der Waals surface area contributed by atoms with E-state index in [1.165, 1.54) is 0 Å². The summed E-state index contributed by atoms with van der Waals surface area (Å²) in [6, 6.07) is 6.17. The molecule has 0 aliphatic heterocycles. The first-order valence-corrected chi connectivity index (χ1v) is 5.40. The van der Waals surface area contributed by atoms with Gasteiger partial charge in [-0.15, -0.1) is 12.4 Å². The molecule has 0 aliphatic carbocycles. The Kier molecular flexibility index (Phi) is 6.26. The molecule has 86 valence electrons. The molecule has 0 saturated carbocycles. The van der Waals surface area contributed by atoms with Gasteiger partial charge in [0.05, 0.1) is 0 Å². The fourth-order valence-electron chi connectivity index (χ4n) is 1.48. The van der Waals surface area contributed by atoms with Crippen LogP contribution in [0.5, 0.6) is 0 Å². The standard InChI is InChI=1S/C12H18ClN.ClH/c1-8(2)6-12(14)10-5-4-9(3)11(13)7-10;/h4-5,7-8,12H,6,14H2,1-3H3;1H/t12-;/m0./s1. The summed E-state index contributed by atoms with van der Waals surface area (Å²) in [6.07, 6.45) is 0.999. The zero-order valence-electron chi connectivity index (χ0n) is 9.46. The summed E-state index contributed by atoms with van der Waals surface area (Å²) in [6.45, 7) is 6.35. The average molecular weight is 248 g/mol. The van der Waals surface area contributed by atoms with Gasteiger partial charge in [-0.3, -0.25) is 0 Å². The van der Waals surface area contributed by atoms with Crippen LogP contribution in [-0.4, -0.2) is 0 Å². The smallest absolute Gasteiger partial charge is 0.0438 e. The number of nitrogens with two attached hydrogens (primary N) is 1. The molecule has 0 aliphatic rings. The van der Waals surface area contributed by atoms with E-state index in [-0.39, 0.29) is 18.4 Å². The van der Waals surface area contributed by atoms with E-state index >= 15 is 0 Å². The Morgan fingerprint density at radius 2 is 1.93 bits per heavy atom. The number of rotatable bonds is 3. The Balaban J connectivity index is 0.00000196. The largest absolute Gasteiger partial charge is 0.324 e. The van der Waals surface area contributed by atoms with Gasteiger partial charge in [-0.2, -0.15) is 0 Å². The van der Waals surface area contributed by atoms with Crippen LogP contribution in [0.4, 0.5) is 0 Å². The lowest BCUT2D eigenvalue weighted by atomic mass is 9.97. The van der Waals surface area contributed by atoms with Crippen LogP contribution >= 0.6 is 24.0 Å². The van der Waals surface area contributed by atoms with E-state index in [9.17, 15) is 0 Å². The van der Waals surface area contributed by atoms with Crippen molar-refractivity contribution in [3.05, 3.63) is 34.3 Å². The molecule has 0 radical (unpaired) electrons. The van der Waals surface area contributed by atoms with Crippen molar-refractivity contribution in [3.63, 3.8) is 0 Å². The molecule has 0 fully saturated rings. The third-order valence-corrected chi connectivity index (χ3v) is 2.76. The van der Waals surface area contributed by atoms with Crippen LogP contribution in [0.25, 0.3) is 0 Å². The molecule has 1 aromatic rings. The minimum absolute atomic E-state index is 0. The third kappa shape index (κ3) is 4.42. The molecule has 1 aromatic carbocycles. The summed E-state index contributed by atoms with van der Waals surface area (Å²) in [7, 11) is 0. The molecule has 0 amide bonds. The van der Waals surface area contributed by atoms with Gasteiger partial charge in [0.2, 0.25) is 0 Å². The third-order valence-electron chi connectivity index (χ3n) is 2.35. The second-order valence-corrected chi connectivity index (χ2v) is 4.65. The highest BCUT2D eigenvalue weighted by atomic mass is 35.5. The van der Waals surface area contributed by atoms with Crippen molar-refractivity contribution in [2.24, 2.45) is 11.7 Å². The summed E-state index contributed by atoms with van der Waals surface area (Å²) in [5, 5.41) is 0.807. The molecule has 15 heavy (non-hydrogen) atoms. The van der Waals surface area contributed by atoms with E-state index in [0.29, 0.717) is 5.92 Å². The molecule has 1 nitrogen and oxygen atoms in total. The van der Waals surface area contributed by atoms with Crippen molar-refractivity contribution in [1.29, 1.82) is 0 Å². The van der Waals surface area contributed by atoms with Crippen LogP contribution in [0.3, 0.4) is 0 Å². The first-order valence-electron chi connectivity index (χ1n) is 5.02. The maximum atomic E-state index is 6.06. The number of aryl methyl sites for hydroxylation is 1. The average Bonchev–Trinajstić information content (AvgIpc) is 2.08. The molecular formula is C12H19Cl2N. The normalized spacial score (nSPS) is 12.4. The van der Waals surface area contributed by atoms with Gasteiger partial charge in [0.25, 0.3) is 0 Å². The van der Waals surface area contributed by atoms with E-state index in [4.69, 9.17) is 17.3 Å². The van der Waals surface area contributed by atoms with Gasteiger partial charge in [-0.1, -0.05) is 37.6 Å². The fourth-order valence-corrected chi connectivity index (χ4v) is 1.67. The van der Waals surface area contributed by atoms with Crippen molar-refractivity contribution >= 4 is 24.0 Å². The van der Waals surface area contributed by atoms with Gasteiger partial charge in [-0.25, -0.2) is 0 Å². The number of hydrogen-bond donors (Lipinski definition) is 1. The summed E-state index contributed by atoms with van der Waals surface area (Å²) in [5.74, 6) is 0.616. The first-order chi connectivity index (χ1) is 6.50. The van der Waals surface area contributed by atoms with Gasteiger partial charge in [-0.05, 0) is 36.5 Å². The molecule has 0 heterocycles. The Morgan fingerprint density at radius 3 is 2.40 bits per heavy atom. The van der Waals surface area contributed by atoms with Gasteiger partial charge in [0.15, 0.2) is 0 Å². The minimum Gasteiger partial charge on any atom is -0.324 e. The Morgan fingerprint density at radius 1 is 1.33 bits per heavy atom. The van der Waals surface area contributed by atoms with E-state index < -0.39 is 0 Å². The SMILES string of the molecule is Cc1ccc([C@@H](N)CC(C)C)cc1Cl.Cl. The zero-order valence-corrected chi connectivity index (χ0v) is 11.0. The molecule has 1 atom stereocenters. The maximum Gasteiger partial charge on any atom is 0.0438 e. The van der Waals surface area contributed by atoms with Crippen molar-refractivity contribution in [3.8, 4) is 0 Å². The predicted molar refractivity (Wildman–Crippen MR) is 69.8 cm³/mol. The lowest BCUT2D eigenvalue weighted by Gasteiger charge is -2.15. The molecule has 0 unspecified atom stereocenters. The molecule has 1 rings (SSSR count). The molecule has 0 bridgehead atoms. The summed E-state index contributed by atoms with van der Waals surface area (Å²) in [4.78, 5) is 0. The topological polar surface area (TPSA) is 26.0 Å². The monoisotopic (exact) mass is 247 g/mol. The van der Waals surface area contributed by atoms with Crippen LogP contribution in [0.15, 0.2) is 18.2 Å². The summed E-state index contributed by atoms with van der Waals surface area (Å²) in [5.41, 5.74) is 8.29. The van der Waals surface area contributed by atoms with E-state index in [2.05, 4.69) is 19.9 Å².